The molecular formula is C15H19N3O3S. The third-order valence-electron chi connectivity index (χ3n) is 3.13. The van der Waals surface area contributed by atoms with Gasteiger partial charge in [0.25, 0.3) is 0 Å². The largest absolute Gasteiger partial charge is 0.459 e. The van der Waals surface area contributed by atoms with Crippen molar-refractivity contribution in [3.05, 3.63) is 39.8 Å². The lowest BCUT2D eigenvalue weighted by atomic mass is 10.2. The summed E-state index contributed by atoms with van der Waals surface area (Å²) in [5.74, 6) is -1.59. The molecule has 1 amide bonds. The van der Waals surface area contributed by atoms with Crippen LogP contribution >= 0.6 is 11.3 Å². The van der Waals surface area contributed by atoms with Crippen molar-refractivity contribution in [2.45, 2.75) is 26.8 Å². The van der Waals surface area contributed by atoms with Crippen molar-refractivity contribution in [3.8, 4) is 0 Å². The molecule has 0 spiro atoms. The molecule has 7 heteroatoms. The van der Waals surface area contributed by atoms with Gasteiger partial charge in [-0.15, -0.1) is 11.3 Å². The van der Waals surface area contributed by atoms with E-state index in [1.807, 2.05) is 42.1 Å². The van der Waals surface area contributed by atoms with Crippen LogP contribution < -0.4 is 5.32 Å². The molecule has 0 aliphatic carbocycles. The highest BCUT2D eigenvalue weighted by atomic mass is 32.1. The van der Waals surface area contributed by atoms with Gasteiger partial charge >= 0.3 is 11.9 Å². The lowest BCUT2D eigenvalue weighted by Gasteiger charge is -2.18. The minimum absolute atomic E-state index is 0.146. The van der Waals surface area contributed by atoms with Crippen LogP contribution in [0.15, 0.2) is 23.6 Å². The highest BCUT2D eigenvalue weighted by molar-refractivity contribution is 7.10. The highest BCUT2D eigenvalue weighted by Gasteiger charge is 2.21. The van der Waals surface area contributed by atoms with Crippen molar-refractivity contribution < 1.29 is 14.3 Å². The van der Waals surface area contributed by atoms with Gasteiger partial charge in [0, 0.05) is 17.1 Å². The van der Waals surface area contributed by atoms with Gasteiger partial charge in [0.2, 0.25) is 0 Å². The summed E-state index contributed by atoms with van der Waals surface area (Å²) in [5.41, 5.74) is 1.91. The van der Waals surface area contributed by atoms with Crippen LogP contribution in [0, 0.1) is 13.8 Å². The topological polar surface area (TPSA) is 73.2 Å². The minimum atomic E-state index is -0.860. The predicted molar refractivity (Wildman–Crippen MR) is 83.8 cm³/mol. The molecule has 0 saturated carbocycles. The number of hydrogen-bond acceptors (Lipinski definition) is 5. The van der Waals surface area contributed by atoms with E-state index in [1.165, 1.54) is 0 Å². The quantitative estimate of drug-likeness (QED) is 0.673. The van der Waals surface area contributed by atoms with E-state index in [2.05, 4.69) is 15.2 Å². The Hall–Kier alpha value is -2.15. The summed E-state index contributed by atoms with van der Waals surface area (Å²) in [6, 6.07) is 5.77. The number of nitrogens with one attached hydrogen (secondary N) is 1. The zero-order valence-electron chi connectivity index (χ0n) is 12.8. The lowest BCUT2D eigenvalue weighted by molar-refractivity contribution is -0.154. The molecule has 1 unspecified atom stereocenters. The number of aromatic nitrogens is 2. The number of carbonyl (C=O) groups is 2. The first-order valence-electron chi connectivity index (χ1n) is 7.04. The molecule has 0 aliphatic rings. The lowest BCUT2D eigenvalue weighted by Crippen LogP contribution is -2.37. The second-order valence-electron chi connectivity index (χ2n) is 4.83. The molecule has 0 aliphatic heterocycles. The highest BCUT2D eigenvalue weighted by Crippen LogP contribution is 2.24. The van der Waals surface area contributed by atoms with E-state index in [-0.39, 0.29) is 19.2 Å². The minimum Gasteiger partial charge on any atom is -0.459 e. The number of esters is 1. The van der Waals surface area contributed by atoms with E-state index >= 15 is 0 Å². The summed E-state index contributed by atoms with van der Waals surface area (Å²) in [6.07, 6.45) is 0. The van der Waals surface area contributed by atoms with Gasteiger partial charge in [-0.05, 0) is 38.3 Å². The Kier molecular flexibility index (Phi) is 5.32. The Morgan fingerprint density at radius 3 is 2.77 bits per heavy atom. The van der Waals surface area contributed by atoms with E-state index in [4.69, 9.17) is 0 Å². The summed E-state index contributed by atoms with van der Waals surface area (Å²) in [4.78, 5) is 24.2. The number of nitrogens with zero attached hydrogens (tertiary/aromatic N) is 2. The Morgan fingerprint density at radius 2 is 2.23 bits per heavy atom. The molecule has 0 fully saturated rings. The molecule has 1 N–H and O–H groups in total. The molecule has 0 aromatic carbocycles. The summed E-state index contributed by atoms with van der Waals surface area (Å²) >= 11 is 1.59. The monoisotopic (exact) mass is 321 g/mol. The Morgan fingerprint density at radius 1 is 1.45 bits per heavy atom. The fourth-order valence-electron chi connectivity index (χ4n) is 2.21. The van der Waals surface area contributed by atoms with Crippen LogP contribution in [-0.2, 0) is 14.3 Å². The maximum atomic E-state index is 11.7. The molecule has 0 radical (unpaired) electrons. The van der Waals surface area contributed by atoms with Crippen LogP contribution in [0.4, 0.5) is 0 Å². The Bertz CT molecular complexity index is 649. The second kappa shape index (κ2) is 7.22. The SMILES string of the molecule is CCOC(=O)C(=O)NCC(c1cccs1)n1nc(C)cc1C. The standard InChI is InChI=1S/C15H19N3O3S/c1-4-21-15(20)14(19)16-9-12(13-6-5-7-22-13)18-11(3)8-10(2)17-18/h5-8,12H,4,9H2,1-3H3,(H,16,19). The zero-order valence-corrected chi connectivity index (χ0v) is 13.6. The number of hydrogen-bond donors (Lipinski definition) is 1. The Labute approximate surface area is 133 Å². The first-order chi connectivity index (χ1) is 10.5. The Balaban J connectivity index is 2.15. The van der Waals surface area contributed by atoms with Crippen molar-refractivity contribution in [1.29, 1.82) is 0 Å². The number of thiophene rings is 1. The average Bonchev–Trinajstić information content (AvgIpc) is 3.10. The normalized spacial score (nSPS) is 12.0. The molecule has 22 heavy (non-hydrogen) atoms. The first kappa shape index (κ1) is 16.2. The zero-order chi connectivity index (χ0) is 16.1. The number of carbonyl (C=O) groups excluding carboxylic acids is 2. The first-order valence-corrected chi connectivity index (χ1v) is 7.92. The van der Waals surface area contributed by atoms with Crippen LogP contribution in [0.2, 0.25) is 0 Å². The van der Waals surface area contributed by atoms with Crippen LogP contribution in [0.1, 0.15) is 29.2 Å². The third kappa shape index (κ3) is 3.73. The van der Waals surface area contributed by atoms with E-state index in [0.29, 0.717) is 0 Å². The molecular weight excluding hydrogens is 302 g/mol. The van der Waals surface area contributed by atoms with E-state index in [9.17, 15) is 9.59 Å². The van der Waals surface area contributed by atoms with E-state index < -0.39 is 11.9 Å². The molecule has 2 aromatic rings. The van der Waals surface area contributed by atoms with Crippen molar-refractivity contribution in [3.63, 3.8) is 0 Å². The average molecular weight is 321 g/mol. The smallest absolute Gasteiger partial charge is 0.396 e. The molecule has 1 atom stereocenters. The molecule has 2 heterocycles. The fourth-order valence-corrected chi connectivity index (χ4v) is 3.02. The number of aryl methyl sites for hydroxylation is 2. The molecule has 2 aromatic heterocycles. The van der Waals surface area contributed by atoms with Gasteiger partial charge in [-0.1, -0.05) is 6.07 Å². The van der Waals surface area contributed by atoms with Crippen molar-refractivity contribution in [2.24, 2.45) is 0 Å². The number of rotatable bonds is 5. The van der Waals surface area contributed by atoms with Gasteiger partial charge in [-0.25, -0.2) is 4.79 Å². The summed E-state index contributed by atoms with van der Waals surface area (Å²) < 4.78 is 6.56. The number of ether oxygens (including phenoxy) is 1. The fraction of sp³-hybridized carbons (Fsp3) is 0.400. The van der Waals surface area contributed by atoms with Gasteiger partial charge in [-0.3, -0.25) is 9.48 Å². The van der Waals surface area contributed by atoms with E-state index in [1.54, 1.807) is 18.3 Å². The summed E-state index contributed by atoms with van der Waals surface area (Å²) in [5, 5.41) is 9.08. The van der Waals surface area contributed by atoms with Crippen LogP contribution in [-0.4, -0.2) is 34.8 Å². The summed E-state index contributed by atoms with van der Waals surface area (Å²) in [6.45, 7) is 6.01. The van der Waals surface area contributed by atoms with Gasteiger partial charge < -0.3 is 10.1 Å². The summed E-state index contributed by atoms with van der Waals surface area (Å²) in [7, 11) is 0. The maximum absolute atomic E-state index is 11.7. The van der Waals surface area contributed by atoms with Crippen molar-refractivity contribution in [1.82, 2.24) is 15.1 Å². The van der Waals surface area contributed by atoms with Gasteiger partial charge in [0.15, 0.2) is 0 Å². The maximum Gasteiger partial charge on any atom is 0.396 e. The van der Waals surface area contributed by atoms with Crippen LogP contribution in [0.3, 0.4) is 0 Å². The van der Waals surface area contributed by atoms with Crippen LogP contribution in [0.25, 0.3) is 0 Å². The molecule has 118 valence electrons. The van der Waals surface area contributed by atoms with Crippen molar-refractivity contribution in [2.75, 3.05) is 13.2 Å². The van der Waals surface area contributed by atoms with Crippen molar-refractivity contribution >= 4 is 23.2 Å². The molecule has 6 nitrogen and oxygen atoms in total. The molecule has 0 bridgehead atoms. The van der Waals surface area contributed by atoms with E-state index in [0.717, 1.165) is 16.3 Å². The predicted octanol–water partition coefficient (Wildman–Crippen LogP) is 1.83. The van der Waals surface area contributed by atoms with Gasteiger partial charge in [-0.2, -0.15) is 5.10 Å². The second-order valence-corrected chi connectivity index (χ2v) is 5.81. The molecule has 0 saturated heterocycles. The van der Waals surface area contributed by atoms with Gasteiger partial charge in [0.1, 0.15) is 6.04 Å². The van der Waals surface area contributed by atoms with Crippen LogP contribution in [0.5, 0.6) is 0 Å². The third-order valence-corrected chi connectivity index (χ3v) is 4.10. The molecule has 2 rings (SSSR count). The number of amides is 1. The van der Waals surface area contributed by atoms with Gasteiger partial charge in [0.05, 0.1) is 12.3 Å².